The molecule has 0 aliphatic heterocycles. The van der Waals surface area contributed by atoms with E-state index in [2.05, 4.69) is 41.4 Å². The SMILES string of the molecule is Cc1ccnc(NCc2c(C)nn(-c3ccccc3)c2C)c1. The first-order valence-corrected chi connectivity index (χ1v) is 7.42. The minimum Gasteiger partial charge on any atom is -0.366 e. The maximum absolute atomic E-state index is 4.67. The molecule has 0 saturated carbocycles. The molecule has 1 aromatic carbocycles. The monoisotopic (exact) mass is 292 g/mol. The Morgan fingerprint density at radius 3 is 2.55 bits per heavy atom. The van der Waals surface area contributed by atoms with E-state index in [1.54, 1.807) is 0 Å². The zero-order valence-corrected chi connectivity index (χ0v) is 13.2. The number of benzene rings is 1. The van der Waals surface area contributed by atoms with Gasteiger partial charge in [0.25, 0.3) is 0 Å². The molecule has 0 amide bonds. The summed E-state index contributed by atoms with van der Waals surface area (Å²) in [5.74, 6) is 0.895. The third kappa shape index (κ3) is 2.86. The molecule has 0 bridgehead atoms. The molecule has 1 N–H and O–H groups in total. The van der Waals surface area contributed by atoms with Crippen molar-refractivity contribution in [2.24, 2.45) is 0 Å². The van der Waals surface area contributed by atoms with Crippen LogP contribution in [0.25, 0.3) is 5.69 Å². The number of nitrogens with one attached hydrogen (secondary N) is 1. The Bertz CT molecular complexity index is 775. The van der Waals surface area contributed by atoms with Crippen LogP contribution in [0.15, 0.2) is 48.7 Å². The van der Waals surface area contributed by atoms with E-state index >= 15 is 0 Å². The highest BCUT2D eigenvalue weighted by molar-refractivity contribution is 5.41. The van der Waals surface area contributed by atoms with Crippen molar-refractivity contribution >= 4 is 5.82 Å². The molecule has 112 valence electrons. The van der Waals surface area contributed by atoms with Crippen molar-refractivity contribution in [3.05, 3.63) is 71.2 Å². The Morgan fingerprint density at radius 1 is 1.05 bits per heavy atom. The van der Waals surface area contributed by atoms with Crippen LogP contribution in [0.2, 0.25) is 0 Å². The van der Waals surface area contributed by atoms with Gasteiger partial charge in [-0.25, -0.2) is 9.67 Å². The number of rotatable bonds is 4. The fourth-order valence-corrected chi connectivity index (χ4v) is 2.56. The fourth-order valence-electron chi connectivity index (χ4n) is 2.56. The van der Waals surface area contributed by atoms with Crippen LogP contribution in [0.4, 0.5) is 5.82 Å². The molecule has 0 radical (unpaired) electrons. The van der Waals surface area contributed by atoms with E-state index in [0.29, 0.717) is 0 Å². The Kier molecular flexibility index (Phi) is 3.92. The Labute approximate surface area is 130 Å². The van der Waals surface area contributed by atoms with Gasteiger partial charge in [0.1, 0.15) is 5.82 Å². The number of nitrogens with zero attached hydrogens (tertiary/aromatic N) is 3. The van der Waals surface area contributed by atoms with Gasteiger partial charge in [0.05, 0.1) is 11.4 Å². The second-order valence-electron chi connectivity index (χ2n) is 5.47. The van der Waals surface area contributed by atoms with Crippen molar-refractivity contribution in [3.8, 4) is 5.69 Å². The number of aryl methyl sites for hydroxylation is 2. The lowest BCUT2D eigenvalue weighted by atomic mass is 10.2. The second kappa shape index (κ2) is 6.02. The van der Waals surface area contributed by atoms with Gasteiger partial charge in [-0.15, -0.1) is 0 Å². The van der Waals surface area contributed by atoms with E-state index in [-0.39, 0.29) is 0 Å². The quantitative estimate of drug-likeness (QED) is 0.795. The predicted octanol–water partition coefficient (Wildman–Crippen LogP) is 3.80. The highest BCUT2D eigenvalue weighted by Gasteiger charge is 2.12. The molecule has 3 aromatic rings. The van der Waals surface area contributed by atoms with Gasteiger partial charge in [-0.2, -0.15) is 5.10 Å². The summed E-state index contributed by atoms with van der Waals surface area (Å²) in [6.07, 6.45) is 1.82. The van der Waals surface area contributed by atoms with Crippen molar-refractivity contribution in [1.29, 1.82) is 0 Å². The predicted molar refractivity (Wildman–Crippen MR) is 89.3 cm³/mol. The smallest absolute Gasteiger partial charge is 0.126 e. The summed E-state index contributed by atoms with van der Waals surface area (Å²) >= 11 is 0. The van der Waals surface area contributed by atoms with Crippen LogP contribution < -0.4 is 5.32 Å². The van der Waals surface area contributed by atoms with Crippen molar-refractivity contribution in [1.82, 2.24) is 14.8 Å². The topological polar surface area (TPSA) is 42.7 Å². The van der Waals surface area contributed by atoms with Crippen molar-refractivity contribution in [3.63, 3.8) is 0 Å². The Hall–Kier alpha value is -2.62. The molecule has 4 heteroatoms. The maximum atomic E-state index is 4.67. The van der Waals surface area contributed by atoms with Crippen LogP contribution in [0.5, 0.6) is 0 Å². The molecular weight excluding hydrogens is 272 g/mol. The van der Waals surface area contributed by atoms with E-state index in [4.69, 9.17) is 0 Å². The molecule has 0 aliphatic rings. The van der Waals surface area contributed by atoms with Crippen LogP contribution in [0, 0.1) is 20.8 Å². The van der Waals surface area contributed by atoms with Gasteiger partial charge >= 0.3 is 0 Å². The number of para-hydroxylation sites is 1. The minimum atomic E-state index is 0.723. The number of aromatic nitrogens is 3. The molecule has 3 rings (SSSR count). The minimum absolute atomic E-state index is 0.723. The zero-order chi connectivity index (χ0) is 15.5. The largest absolute Gasteiger partial charge is 0.366 e. The second-order valence-corrected chi connectivity index (χ2v) is 5.47. The third-order valence-electron chi connectivity index (χ3n) is 3.80. The Morgan fingerprint density at radius 2 is 1.82 bits per heavy atom. The lowest BCUT2D eigenvalue weighted by Crippen LogP contribution is -2.04. The zero-order valence-electron chi connectivity index (χ0n) is 13.2. The van der Waals surface area contributed by atoms with E-state index in [9.17, 15) is 0 Å². The summed E-state index contributed by atoms with van der Waals surface area (Å²) < 4.78 is 2.00. The molecule has 0 unspecified atom stereocenters. The van der Waals surface area contributed by atoms with Gasteiger partial charge < -0.3 is 5.32 Å². The van der Waals surface area contributed by atoms with E-state index in [1.165, 1.54) is 11.1 Å². The number of hydrogen-bond donors (Lipinski definition) is 1. The van der Waals surface area contributed by atoms with Crippen LogP contribution in [-0.4, -0.2) is 14.8 Å². The fraction of sp³-hybridized carbons (Fsp3) is 0.222. The molecule has 4 nitrogen and oxygen atoms in total. The molecule has 0 saturated heterocycles. The summed E-state index contributed by atoms with van der Waals surface area (Å²) in [5.41, 5.74) is 5.70. The lowest BCUT2D eigenvalue weighted by Gasteiger charge is -2.08. The van der Waals surface area contributed by atoms with Crippen LogP contribution >= 0.6 is 0 Å². The highest BCUT2D eigenvalue weighted by atomic mass is 15.3. The van der Waals surface area contributed by atoms with E-state index in [1.807, 2.05) is 48.1 Å². The van der Waals surface area contributed by atoms with Gasteiger partial charge in [0, 0.05) is 24.0 Å². The van der Waals surface area contributed by atoms with Crippen molar-refractivity contribution in [2.45, 2.75) is 27.3 Å². The molecule has 22 heavy (non-hydrogen) atoms. The summed E-state index contributed by atoms with van der Waals surface area (Å²) in [6, 6.07) is 14.3. The molecule has 0 spiro atoms. The van der Waals surface area contributed by atoms with Crippen molar-refractivity contribution < 1.29 is 0 Å². The van der Waals surface area contributed by atoms with Gasteiger partial charge in [0.15, 0.2) is 0 Å². The van der Waals surface area contributed by atoms with Crippen LogP contribution in [0.3, 0.4) is 0 Å². The van der Waals surface area contributed by atoms with E-state index < -0.39 is 0 Å². The first-order chi connectivity index (χ1) is 10.6. The molecule has 0 aliphatic carbocycles. The first kappa shape index (κ1) is 14.3. The summed E-state index contributed by atoms with van der Waals surface area (Å²) in [6.45, 7) is 6.94. The maximum Gasteiger partial charge on any atom is 0.126 e. The number of anilines is 1. The summed E-state index contributed by atoms with van der Waals surface area (Å²) in [5, 5.41) is 8.05. The van der Waals surface area contributed by atoms with Gasteiger partial charge in [-0.1, -0.05) is 18.2 Å². The third-order valence-corrected chi connectivity index (χ3v) is 3.80. The molecule has 2 heterocycles. The van der Waals surface area contributed by atoms with Crippen LogP contribution in [-0.2, 0) is 6.54 Å². The molecule has 2 aromatic heterocycles. The van der Waals surface area contributed by atoms with E-state index in [0.717, 1.165) is 29.4 Å². The van der Waals surface area contributed by atoms with Gasteiger partial charge in [-0.3, -0.25) is 0 Å². The lowest BCUT2D eigenvalue weighted by molar-refractivity contribution is 0.832. The van der Waals surface area contributed by atoms with Crippen molar-refractivity contribution in [2.75, 3.05) is 5.32 Å². The first-order valence-electron chi connectivity index (χ1n) is 7.42. The Balaban J connectivity index is 1.84. The summed E-state index contributed by atoms with van der Waals surface area (Å²) in [7, 11) is 0. The average Bonchev–Trinajstić information content (AvgIpc) is 2.81. The van der Waals surface area contributed by atoms with Gasteiger partial charge in [0.2, 0.25) is 0 Å². The summed E-state index contributed by atoms with van der Waals surface area (Å²) in [4.78, 5) is 4.34. The molecule has 0 atom stereocenters. The number of hydrogen-bond acceptors (Lipinski definition) is 3. The van der Waals surface area contributed by atoms with Gasteiger partial charge in [-0.05, 0) is 50.6 Å². The molecule has 0 fully saturated rings. The standard InChI is InChI=1S/C18H20N4/c1-13-9-10-19-18(11-13)20-12-17-14(2)21-22(15(17)3)16-7-5-4-6-8-16/h4-11H,12H2,1-3H3,(H,19,20). The normalized spacial score (nSPS) is 10.7. The van der Waals surface area contributed by atoms with Crippen LogP contribution in [0.1, 0.15) is 22.5 Å². The molecular formula is C18H20N4. The average molecular weight is 292 g/mol. The number of pyridine rings is 1. The highest BCUT2D eigenvalue weighted by Crippen LogP contribution is 2.19.